The molecule has 0 aromatic heterocycles. The monoisotopic (exact) mass is 623 g/mol. The summed E-state index contributed by atoms with van der Waals surface area (Å²) in [6.07, 6.45) is -0.724. The number of benzene rings is 2. The number of Topliss-reactive ketones (excluding diaryl/α,β-unsaturated/α-hetero) is 1. The summed E-state index contributed by atoms with van der Waals surface area (Å²) in [5, 5.41) is 11.5. The van der Waals surface area contributed by atoms with Gasteiger partial charge in [-0.3, -0.25) is 24.0 Å². The Kier molecular flexibility index (Phi) is 10.7. The molecule has 3 rings (SSSR count). The second kappa shape index (κ2) is 13.9. The molecule has 3 amide bonds. The zero-order valence-corrected chi connectivity index (χ0v) is 24.6. The van der Waals surface area contributed by atoms with Crippen LogP contribution in [0.2, 0.25) is 0 Å². The molecule has 14 heteroatoms. The maximum atomic E-state index is 13.9. The van der Waals surface area contributed by atoms with Crippen LogP contribution in [0.15, 0.2) is 30.3 Å². The molecule has 10 nitrogen and oxygen atoms in total. The second-order valence-corrected chi connectivity index (χ2v) is 11.4. The minimum Gasteiger partial charge on any atom is -0.481 e. The number of amides is 3. The third-order valence-corrected chi connectivity index (χ3v) is 7.23. The summed E-state index contributed by atoms with van der Waals surface area (Å²) in [6, 6.07) is 5.47. The summed E-state index contributed by atoms with van der Waals surface area (Å²) in [6.45, 7) is 4.80. The Morgan fingerprint density at radius 3 is 2.14 bits per heavy atom. The molecule has 1 heterocycles. The fourth-order valence-electron chi connectivity index (χ4n) is 4.76. The highest BCUT2D eigenvalue weighted by Crippen LogP contribution is 2.32. The summed E-state index contributed by atoms with van der Waals surface area (Å²) < 4.78 is 59.2. The minimum atomic E-state index is -1.89. The lowest BCUT2D eigenvalue weighted by molar-refractivity contribution is -0.146. The molecule has 1 aliphatic rings. The van der Waals surface area contributed by atoms with Crippen LogP contribution in [-0.2, 0) is 29.4 Å². The van der Waals surface area contributed by atoms with Gasteiger partial charge in [-0.2, -0.15) is 8.78 Å². The number of likely N-dealkylation sites (N-methyl/N-ethyl adjacent to an activating group) is 1. The van der Waals surface area contributed by atoms with Gasteiger partial charge in [0.25, 0.3) is 0 Å². The molecule has 1 saturated heterocycles. The van der Waals surface area contributed by atoms with E-state index in [4.69, 9.17) is 0 Å². The van der Waals surface area contributed by atoms with E-state index >= 15 is 0 Å². The molecule has 2 aromatic carbocycles. The van der Waals surface area contributed by atoms with Crippen molar-refractivity contribution >= 4 is 35.2 Å². The Balaban J connectivity index is 1.61. The van der Waals surface area contributed by atoms with Crippen molar-refractivity contribution in [1.82, 2.24) is 10.2 Å². The van der Waals surface area contributed by atoms with Crippen LogP contribution in [0, 0.1) is 29.2 Å². The zero-order valence-electron chi connectivity index (χ0n) is 24.6. The lowest BCUT2D eigenvalue weighted by Crippen LogP contribution is -2.51. The molecular formula is C30H33F4N3O7. The average Bonchev–Trinajstić information content (AvgIpc) is 2.97. The molecule has 238 valence electrons. The predicted molar refractivity (Wildman–Crippen MR) is 149 cm³/mol. The molecular weight excluding hydrogens is 590 g/mol. The normalized spacial score (nSPS) is 14.5. The fourth-order valence-corrected chi connectivity index (χ4v) is 4.76. The van der Waals surface area contributed by atoms with Gasteiger partial charge < -0.3 is 25.0 Å². The number of anilines is 1. The minimum absolute atomic E-state index is 0.0295. The Bertz CT molecular complexity index is 1430. The predicted octanol–water partition coefficient (Wildman–Crippen LogP) is 3.35. The highest BCUT2D eigenvalue weighted by molar-refractivity contribution is 6.40. The van der Waals surface area contributed by atoms with Gasteiger partial charge >= 0.3 is 17.8 Å². The molecule has 44 heavy (non-hydrogen) atoms. The van der Waals surface area contributed by atoms with Gasteiger partial charge in [0.05, 0.1) is 6.42 Å². The van der Waals surface area contributed by atoms with Gasteiger partial charge in [0.1, 0.15) is 12.6 Å². The van der Waals surface area contributed by atoms with Crippen molar-refractivity contribution in [3.05, 3.63) is 59.2 Å². The number of piperidine rings is 1. The van der Waals surface area contributed by atoms with Crippen molar-refractivity contribution in [3.8, 4) is 5.75 Å². The van der Waals surface area contributed by atoms with E-state index in [9.17, 15) is 46.6 Å². The van der Waals surface area contributed by atoms with Gasteiger partial charge in [-0.05, 0) is 29.9 Å². The van der Waals surface area contributed by atoms with Gasteiger partial charge in [0.2, 0.25) is 17.5 Å². The van der Waals surface area contributed by atoms with E-state index in [-0.39, 0.29) is 37.4 Å². The van der Waals surface area contributed by atoms with Gasteiger partial charge in [0, 0.05) is 37.8 Å². The number of carbonyl (C=O) groups is 5. The quantitative estimate of drug-likeness (QED) is 0.249. The number of aliphatic carboxylic acids is 1. The van der Waals surface area contributed by atoms with Crippen molar-refractivity contribution in [2.75, 3.05) is 31.6 Å². The van der Waals surface area contributed by atoms with Crippen LogP contribution in [-0.4, -0.2) is 72.3 Å². The third kappa shape index (κ3) is 7.91. The van der Waals surface area contributed by atoms with Crippen molar-refractivity contribution in [1.29, 1.82) is 0 Å². The van der Waals surface area contributed by atoms with Crippen molar-refractivity contribution in [3.63, 3.8) is 0 Å². The number of rotatable bonds is 9. The molecule has 0 bridgehead atoms. The standard InChI is InChI=1S/C30H33F4N3O7/c1-30(2,3)17-7-5-6-8-21(17)36(4)28(42)29(43)37-11-9-16(10-12-37)27(41)35-20(14-23(39)40)22(38)15-44-26-24(33)18(31)13-19(32)25(26)34/h5-8,13,16,20H,9-12,14-15H2,1-4H3,(H,35,41)(H,39,40)/t20-/m0/s1. The summed E-state index contributed by atoms with van der Waals surface area (Å²) in [5.41, 5.74) is 1.15. The van der Waals surface area contributed by atoms with Crippen LogP contribution in [0.25, 0.3) is 0 Å². The molecule has 0 radical (unpaired) electrons. The van der Waals surface area contributed by atoms with Crippen LogP contribution < -0.4 is 15.0 Å². The SMILES string of the molecule is CN(C(=O)C(=O)N1CCC(C(=O)N[C@@H](CC(=O)O)C(=O)COc2c(F)c(F)cc(F)c2F)CC1)c1ccccc1C(C)(C)C. The second-order valence-electron chi connectivity index (χ2n) is 11.4. The van der Waals surface area contributed by atoms with Crippen LogP contribution in [0.3, 0.4) is 0 Å². The Morgan fingerprint density at radius 1 is 1.02 bits per heavy atom. The highest BCUT2D eigenvalue weighted by atomic mass is 19.2. The first-order valence-corrected chi connectivity index (χ1v) is 13.7. The van der Waals surface area contributed by atoms with Crippen molar-refractivity contribution in [2.24, 2.45) is 5.92 Å². The molecule has 1 fully saturated rings. The molecule has 1 aliphatic heterocycles. The number of carboxylic acid groups (broad SMARTS) is 1. The third-order valence-electron chi connectivity index (χ3n) is 7.23. The first-order valence-electron chi connectivity index (χ1n) is 13.7. The van der Waals surface area contributed by atoms with Crippen molar-refractivity contribution in [2.45, 2.75) is 51.5 Å². The topological polar surface area (TPSA) is 133 Å². The number of hydrogen-bond donors (Lipinski definition) is 2. The number of likely N-dealkylation sites (tertiary alicyclic amines) is 1. The maximum absolute atomic E-state index is 13.9. The lowest BCUT2D eigenvalue weighted by Gasteiger charge is -2.33. The Hall–Kier alpha value is -4.49. The molecule has 0 unspecified atom stereocenters. The molecule has 1 atom stereocenters. The number of ether oxygens (including phenoxy) is 1. The first kappa shape index (κ1) is 34.0. The summed E-state index contributed by atoms with van der Waals surface area (Å²) >= 11 is 0. The number of carbonyl (C=O) groups excluding carboxylic acids is 4. The summed E-state index contributed by atoms with van der Waals surface area (Å²) in [7, 11) is 1.50. The fraction of sp³-hybridized carbons (Fsp3) is 0.433. The summed E-state index contributed by atoms with van der Waals surface area (Å²) in [5.74, 6) is -14.4. The highest BCUT2D eigenvalue weighted by Gasteiger charge is 2.35. The molecule has 2 aromatic rings. The number of hydrogen-bond acceptors (Lipinski definition) is 6. The smallest absolute Gasteiger partial charge is 0.316 e. The lowest BCUT2D eigenvalue weighted by atomic mass is 9.85. The number of halogens is 4. The van der Waals surface area contributed by atoms with Gasteiger partial charge in [-0.1, -0.05) is 39.0 Å². The van der Waals surface area contributed by atoms with Crippen molar-refractivity contribution < 1.29 is 51.4 Å². The van der Waals surface area contributed by atoms with Crippen LogP contribution in [0.5, 0.6) is 5.75 Å². The molecule has 0 spiro atoms. The van der Waals surface area contributed by atoms with E-state index in [0.29, 0.717) is 5.69 Å². The van der Waals surface area contributed by atoms with Crippen LogP contribution in [0.4, 0.5) is 23.2 Å². The average molecular weight is 624 g/mol. The number of nitrogens with zero attached hydrogens (tertiary/aromatic N) is 2. The van der Waals surface area contributed by atoms with E-state index in [2.05, 4.69) is 10.1 Å². The van der Waals surface area contributed by atoms with E-state index in [1.807, 2.05) is 32.9 Å². The molecule has 0 aliphatic carbocycles. The van der Waals surface area contributed by atoms with E-state index in [0.717, 1.165) is 5.56 Å². The van der Waals surface area contributed by atoms with E-state index < -0.39 is 83.5 Å². The van der Waals surface area contributed by atoms with Gasteiger partial charge in [0.15, 0.2) is 23.2 Å². The van der Waals surface area contributed by atoms with E-state index in [1.165, 1.54) is 16.8 Å². The van der Waals surface area contributed by atoms with Gasteiger partial charge in [-0.15, -0.1) is 0 Å². The summed E-state index contributed by atoms with van der Waals surface area (Å²) in [4.78, 5) is 65.5. The first-order chi connectivity index (χ1) is 20.5. The largest absolute Gasteiger partial charge is 0.481 e. The molecule has 2 N–H and O–H groups in total. The van der Waals surface area contributed by atoms with Crippen LogP contribution >= 0.6 is 0 Å². The zero-order chi connectivity index (χ0) is 32.9. The number of ketones is 1. The Morgan fingerprint density at radius 2 is 1.59 bits per heavy atom. The van der Waals surface area contributed by atoms with E-state index in [1.54, 1.807) is 12.1 Å². The Labute approximate surface area is 250 Å². The number of carboxylic acids is 1. The van der Waals surface area contributed by atoms with Crippen LogP contribution in [0.1, 0.15) is 45.6 Å². The number of nitrogens with one attached hydrogen (secondary N) is 1. The number of para-hydroxylation sites is 1. The molecule has 0 saturated carbocycles. The maximum Gasteiger partial charge on any atom is 0.316 e. The van der Waals surface area contributed by atoms with Gasteiger partial charge in [-0.25, -0.2) is 8.78 Å².